The summed E-state index contributed by atoms with van der Waals surface area (Å²) in [7, 11) is -0.500. The highest BCUT2D eigenvalue weighted by molar-refractivity contribution is 7.89. The summed E-state index contributed by atoms with van der Waals surface area (Å²) in [6.07, 6.45) is 0. The Bertz CT molecular complexity index is 1440. The molecule has 11 heteroatoms. The quantitative estimate of drug-likeness (QED) is 0.361. The van der Waals surface area contributed by atoms with E-state index >= 15 is 0 Å². The normalized spacial score (nSPS) is 11.5. The van der Waals surface area contributed by atoms with Crippen LogP contribution in [0.25, 0.3) is 17.0 Å². The van der Waals surface area contributed by atoms with Crippen LogP contribution < -0.4 is 18.9 Å². The molecule has 0 aliphatic heterocycles. The second-order valence-corrected chi connectivity index (χ2v) is 9.29. The van der Waals surface area contributed by atoms with Crippen molar-refractivity contribution in [1.29, 1.82) is 0 Å². The lowest BCUT2D eigenvalue weighted by Gasteiger charge is -2.10. The van der Waals surface area contributed by atoms with Gasteiger partial charge in [0.1, 0.15) is 18.1 Å². The van der Waals surface area contributed by atoms with E-state index in [4.69, 9.17) is 14.2 Å². The van der Waals surface area contributed by atoms with Crippen molar-refractivity contribution in [2.75, 3.05) is 27.4 Å². The molecule has 0 atom stereocenters. The Hall–Kier alpha value is -3.70. The summed E-state index contributed by atoms with van der Waals surface area (Å²) < 4.78 is 45.5. The first kappa shape index (κ1) is 23.5. The molecule has 2 aromatic carbocycles. The van der Waals surface area contributed by atoms with Crippen molar-refractivity contribution in [2.45, 2.75) is 18.7 Å². The van der Waals surface area contributed by atoms with Crippen LogP contribution in [0.4, 0.5) is 0 Å². The fraction of sp³-hybridized carbons (Fsp3) is 0.261. The van der Waals surface area contributed by atoms with Crippen molar-refractivity contribution < 1.29 is 22.6 Å². The number of hydrogen-bond acceptors (Lipinski definition) is 8. The maximum absolute atomic E-state index is 12.5. The minimum atomic E-state index is -3.64. The Kier molecular flexibility index (Phi) is 6.66. The van der Waals surface area contributed by atoms with Crippen molar-refractivity contribution in [3.63, 3.8) is 0 Å². The Balaban J connectivity index is 1.47. The Morgan fingerprint density at radius 1 is 0.941 bits per heavy atom. The molecule has 0 amide bonds. The lowest BCUT2D eigenvalue weighted by molar-refractivity contribution is 0.306. The molecule has 0 radical (unpaired) electrons. The lowest BCUT2D eigenvalue weighted by Crippen LogP contribution is -2.28. The Morgan fingerprint density at radius 3 is 2.50 bits per heavy atom. The average molecular weight is 484 g/mol. The van der Waals surface area contributed by atoms with Gasteiger partial charge in [0, 0.05) is 18.7 Å². The standard InChI is InChI=1S/C23H25N5O5S/c1-15-5-7-18(13-16(15)2)34(29,30)24-11-12-33-22-10-9-21-25-26-23(28(21)27-22)19-8-6-17(31-3)14-20(19)32-4/h5-10,13-14,24H,11-12H2,1-4H3. The van der Waals surface area contributed by atoms with Gasteiger partial charge in [0.2, 0.25) is 15.9 Å². The summed E-state index contributed by atoms with van der Waals surface area (Å²) >= 11 is 0. The van der Waals surface area contributed by atoms with Gasteiger partial charge in [-0.3, -0.25) is 0 Å². The van der Waals surface area contributed by atoms with Crippen LogP contribution in [0.3, 0.4) is 0 Å². The van der Waals surface area contributed by atoms with Crippen molar-refractivity contribution in [1.82, 2.24) is 24.5 Å². The van der Waals surface area contributed by atoms with Gasteiger partial charge in [-0.05, 0) is 55.3 Å². The van der Waals surface area contributed by atoms with Crippen LogP contribution in [-0.2, 0) is 10.0 Å². The van der Waals surface area contributed by atoms with E-state index < -0.39 is 10.0 Å². The van der Waals surface area contributed by atoms with Crippen LogP contribution in [0.15, 0.2) is 53.4 Å². The van der Waals surface area contributed by atoms with E-state index in [-0.39, 0.29) is 18.0 Å². The molecule has 2 heterocycles. The minimum absolute atomic E-state index is 0.0797. The predicted octanol–water partition coefficient (Wildman–Crippen LogP) is 2.78. The number of methoxy groups -OCH3 is 2. The molecule has 10 nitrogen and oxygen atoms in total. The van der Waals surface area contributed by atoms with Gasteiger partial charge in [-0.2, -0.15) is 4.52 Å². The number of benzene rings is 2. The van der Waals surface area contributed by atoms with Gasteiger partial charge < -0.3 is 14.2 Å². The zero-order chi connectivity index (χ0) is 24.3. The number of fused-ring (bicyclic) bond motifs is 1. The highest BCUT2D eigenvalue weighted by Crippen LogP contribution is 2.32. The first-order valence-corrected chi connectivity index (χ1v) is 12.0. The molecule has 34 heavy (non-hydrogen) atoms. The van der Waals surface area contributed by atoms with E-state index in [1.165, 1.54) is 0 Å². The second kappa shape index (κ2) is 9.65. The zero-order valence-electron chi connectivity index (χ0n) is 19.3. The third kappa shape index (κ3) is 4.80. The summed E-state index contributed by atoms with van der Waals surface area (Å²) in [6.45, 7) is 3.98. The third-order valence-corrected chi connectivity index (χ3v) is 6.78. The van der Waals surface area contributed by atoms with Crippen molar-refractivity contribution in [3.05, 3.63) is 59.7 Å². The average Bonchev–Trinajstić information content (AvgIpc) is 3.26. The second-order valence-electron chi connectivity index (χ2n) is 7.52. The largest absolute Gasteiger partial charge is 0.497 e. The molecule has 178 valence electrons. The molecule has 0 unspecified atom stereocenters. The van der Waals surface area contributed by atoms with Crippen LogP contribution in [0, 0.1) is 13.8 Å². The SMILES string of the molecule is COc1ccc(-c2nnc3ccc(OCCNS(=O)(=O)c4ccc(C)c(C)c4)nn23)c(OC)c1. The van der Waals surface area contributed by atoms with Gasteiger partial charge in [0.15, 0.2) is 11.5 Å². The van der Waals surface area contributed by atoms with Gasteiger partial charge >= 0.3 is 0 Å². The molecule has 0 aliphatic carbocycles. The van der Waals surface area contributed by atoms with Crippen molar-refractivity contribution in [3.8, 4) is 28.8 Å². The number of hydrogen-bond donors (Lipinski definition) is 1. The first-order valence-electron chi connectivity index (χ1n) is 10.5. The molecule has 0 fully saturated rings. The highest BCUT2D eigenvalue weighted by Gasteiger charge is 2.17. The van der Waals surface area contributed by atoms with Gasteiger partial charge in [-0.25, -0.2) is 13.1 Å². The van der Waals surface area contributed by atoms with E-state index in [1.807, 2.05) is 19.9 Å². The summed E-state index contributed by atoms with van der Waals surface area (Å²) in [5.41, 5.74) is 3.15. The number of rotatable bonds is 9. The van der Waals surface area contributed by atoms with Crippen LogP contribution in [0.2, 0.25) is 0 Å². The molecule has 0 saturated heterocycles. The summed E-state index contributed by atoms with van der Waals surface area (Å²) in [5.74, 6) is 1.97. The molecule has 0 spiro atoms. The number of nitrogens with zero attached hydrogens (tertiary/aromatic N) is 4. The fourth-order valence-corrected chi connectivity index (χ4v) is 4.39. The lowest BCUT2D eigenvalue weighted by atomic mass is 10.1. The van der Waals surface area contributed by atoms with Gasteiger partial charge in [-0.15, -0.1) is 15.3 Å². The minimum Gasteiger partial charge on any atom is -0.497 e. The zero-order valence-corrected chi connectivity index (χ0v) is 20.1. The molecule has 4 aromatic rings. The molecule has 4 rings (SSSR count). The van der Waals surface area contributed by atoms with E-state index in [1.54, 1.807) is 61.2 Å². The smallest absolute Gasteiger partial charge is 0.240 e. The van der Waals surface area contributed by atoms with Gasteiger partial charge in [0.05, 0.1) is 24.7 Å². The van der Waals surface area contributed by atoms with Crippen LogP contribution in [-0.4, -0.2) is 55.6 Å². The number of ether oxygens (including phenoxy) is 3. The van der Waals surface area contributed by atoms with Crippen LogP contribution in [0.5, 0.6) is 17.4 Å². The van der Waals surface area contributed by atoms with Gasteiger partial charge in [0.25, 0.3) is 0 Å². The molecular weight excluding hydrogens is 458 g/mol. The predicted molar refractivity (Wildman–Crippen MR) is 126 cm³/mol. The number of sulfonamides is 1. The van der Waals surface area contributed by atoms with Crippen molar-refractivity contribution in [2.24, 2.45) is 0 Å². The van der Waals surface area contributed by atoms with E-state index in [2.05, 4.69) is 20.0 Å². The molecule has 2 aromatic heterocycles. The molecule has 0 aliphatic rings. The highest BCUT2D eigenvalue weighted by atomic mass is 32.2. The van der Waals surface area contributed by atoms with E-state index in [0.29, 0.717) is 34.4 Å². The summed E-state index contributed by atoms with van der Waals surface area (Å²) in [6, 6.07) is 13.7. The number of aryl methyl sites for hydroxylation is 2. The Morgan fingerprint density at radius 2 is 1.76 bits per heavy atom. The van der Waals surface area contributed by atoms with E-state index in [0.717, 1.165) is 11.1 Å². The number of nitrogens with one attached hydrogen (secondary N) is 1. The maximum atomic E-state index is 12.5. The van der Waals surface area contributed by atoms with Crippen LogP contribution >= 0.6 is 0 Å². The van der Waals surface area contributed by atoms with Crippen LogP contribution in [0.1, 0.15) is 11.1 Å². The summed E-state index contributed by atoms with van der Waals surface area (Å²) in [4.78, 5) is 0.220. The van der Waals surface area contributed by atoms with Crippen molar-refractivity contribution >= 4 is 15.7 Å². The Labute approximate surface area is 197 Å². The fourth-order valence-electron chi connectivity index (χ4n) is 3.30. The summed E-state index contributed by atoms with van der Waals surface area (Å²) in [5, 5.41) is 12.8. The number of aromatic nitrogens is 4. The van der Waals surface area contributed by atoms with E-state index in [9.17, 15) is 8.42 Å². The first-order chi connectivity index (χ1) is 16.3. The molecular formula is C23H25N5O5S. The topological polar surface area (TPSA) is 117 Å². The van der Waals surface area contributed by atoms with Gasteiger partial charge in [-0.1, -0.05) is 6.07 Å². The maximum Gasteiger partial charge on any atom is 0.240 e. The monoisotopic (exact) mass is 483 g/mol. The molecule has 0 bridgehead atoms. The molecule has 1 N–H and O–H groups in total. The molecule has 0 saturated carbocycles. The third-order valence-electron chi connectivity index (χ3n) is 5.32.